The van der Waals surface area contributed by atoms with E-state index in [2.05, 4.69) is 5.32 Å². The summed E-state index contributed by atoms with van der Waals surface area (Å²) in [4.78, 5) is 35.7. The number of amides is 2. The van der Waals surface area contributed by atoms with E-state index in [-0.39, 0.29) is 30.6 Å². The molecule has 1 aliphatic rings. The SMILES string of the molecule is NC(=O)c1ccccc1NC(=O)CN(CC(=O)O)C1CC1. The number of benzene rings is 1. The van der Waals surface area contributed by atoms with Gasteiger partial charge in [0.25, 0.3) is 5.91 Å². The molecule has 0 unspecified atom stereocenters. The van der Waals surface area contributed by atoms with Crippen molar-refractivity contribution in [2.75, 3.05) is 18.4 Å². The molecule has 0 radical (unpaired) electrons. The number of para-hydroxylation sites is 1. The Morgan fingerprint density at radius 1 is 1.24 bits per heavy atom. The second-order valence-corrected chi connectivity index (χ2v) is 4.99. The molecule has 7 nitrogen and oxygen atoms in total. The molecule has 2 rings (SSSR count). The molecule has 0 atom stereocenters. The second kappa shape index (κ2) is 6.36. The standard InChI is InChI=1S/C14H17N3O4/c15-14(21)10-3-1-2-4-11(10)16-12(18)7-17(8-13(19)20)9-5-6-9/h1-4,9H,5-8H2,(H2,15,21)(H,16,18)(H,19,20). The lowest BCUT2D eigenvalue weighted by atomic mass is 10.1. The van der Waals surface area contributed by atoms with E-state index in [1.807, 2.05) is 0 Å². The average Bonchev–Trinajstić information content (AvgIpc) is 3.21. The number of carboxylic acid groups (broad SMARTS) is 1. The summed E-state index contributed by atoms with van der Waals surface area (Å²) in [6.07, 6.45) is 1.80. The van der Waals surface area contributed by atoms with Crippen LogP contribution in [0.25, 0.3) is 0 Å². The fourth-order valence-corrected chi connectivity index (χ4v) is 2.11. The highest BCUT2D eigenvalue weighted by molar-refractivity contribution is 6.03. The average molecular weight is 291 g/mol. The van der Waals surface area contributed by atoms with Crippen molar-refractivity contribution in [3.05, 3.63) is 29.8 Å². The van der Waals surface area contributed by atoms with Gasteiger partial charge in [-0.05, 0) is 25.0 Å². The van der Waals surface area contributed by atoms with Gasteiger partial charge in [0, 0.05) is 6.04 Å². The van der Waals surface area contributed by atoms with Crippen molar-refractivity contribution in [3.63, 3.8) is 0 Å². The third kappa shape index (κ3) is 4.28. The zero-order valence-electron chi connectivity index (χ0n) is 11.4. The van der Waals surface area contributed by atoms with Crippen molar-refractivity contribution >= 4 is 23.5 Å². The van der Waals surface area contributed by atoms with E-state index in [0.717, 1.165) is 12.8 Å². The lowest BCUT2D eigenvalue weighted by Crippen LogP contribution is -2.38. The van der Waals surface area contributed by atoms with Crippen molar-refractivity contribution in [1.82, 2.24) is 4.90 Å². The first-order valence-corrected chi connectivity index (χ1v) is 6.62. The van der Waals surface area contributed by atoms with Crippen LogP contribution in [0, 0.1) is 0 Å². The van der Waals surface area contributed by atoms with E-state index in [1.165, 1.54) is 6.07 Å². The number of anilines is 1. The minimum absolute atomic E-state index is 0.0237. The summed E-state index contributed by atoms with van der Waals surface area (Å²) < 4.78 is 0. The molecule has 1 saturated carbocycles. The number of hydrogen-bond donors (Lipinski definition) is 3. The molecule has 0 aliphatic heterocycles. The van der Waals surface area contributed by atoms with Gasteiger partial charge in [-0.2, -0.15) is 0 Å². The Morgan fingerprint density at radius 3 is 2.48 bits per heavy atom. The normalized spacial score (nSPS) is 14.0. The third-order valence-electron chi connectivity index (χ3n) is 3.21. The first-order chi connectivity index (χ1) is 9.97. The molecule has 0 bridgehead atoms. The van der Waals surface area contributed by atoms with E-state index >= 15 is 0 Å². The number of rotatable bonds is 7. The van der Waals surface area contributed by atoms with Gasteiger partial charge in [0.05, 0.1) is 24.3 Å². The molecule has 21 heavy (non-hydrogen) atoms. The molecule has 0 heterocycles. The highest BCUT2D eigenvalue weighted by atomic mass is 16.4. The number of primary amides is 1. The van der Waals surface area contributed by atoms with Gasteiger partial charge in [-0.25, -0.2) is 0 Å². The number of aliphatic carboxylic acids is 1. The van der Waals surface area contributed by atoms with Gasteiger partial charge in [0.15, 0.2) is 0 Å². The van der Waals surface area contributed by atoms with E-state index in [4.69, 9.17) is 10.8 Å². The van der Waals surface area contributed by atoms with Crippen LogP contribution in [0.3, 0.4) is 0 Å². The Labute approximate surface area is 121 Å². The summed E-state index contributed by atoms with van der Waals surface area (Å²) in [6.45, 7) is -0.195. The van der Waals surface area contributed by atoms with Crippen LogP contribution in [0.2, 0.25) is 0 Å². The first-order valence-electron chi connectivity index (χ1n) is 6.62. The number of nitrogens with one attached hydrogen (secondary N) is 1. The Balaban J connectivity index is 2.01. The van der Waals surface area contributed by atoms with Gasteiger partial charge in [0.2, 0.25) is 5.91 Å². The highest BCUT2D eigenvalue weighted by Gasteiger charge is 2.31. The fraction of sp³-hybridized carbons (Fsp3) is 0.357. The zero-order valence-corrected chi connectivity index (χ0v) is 11.4. The summed E-state index contributed by atoms with van der Waals surface area (Å²) in [7, 11) is 0. The number of nitrogens with two attached hydrogens (primary N) is 1. The van der Waals surface area contributed by atoms with E-state index in [9.17, 15) is 14.4 Å². The van der Waals surface area contributed by atoms with Crippen molar-refractivity contribution in [3.8, 4) is 0 Å². The van der Waals surface area contributed by atoms with E-state index in [1.54, 1.807) is 23.1 Å². The highest BCUT2D eigenvalue weighted by Crippen LogP contribution is 2.26. The third-order valence-corrected chi connectivity index (χ3v) is 3.21. The fourth-order valence-electron chi connectivity index (χ4n) is 2.11. The topological polar surface area (TPSA) is 113 Å². The van der Waals surface area contributed by atoms with Crippen LogP contribution in [-0.2, 0) is 9.59 Å². The van der Waals surface area contributed by atoms with Crippen molar-refractivity contribution in [1.29, 1.82) is 0 Å². The Bertz CT molecular complexity index is 569. The van der Waals surface area contributed by atoms with Crippen LogP contribution in [0.1, 0.15) is 23.2 Å². The molecule has 1 aliphatic carbocycles. The molecule has 2 amide bonds. The van der Waals surface area contributed by atoms with Crippen LogP contribution in [-0.4, -0.2) is 46.9 Å². The van der Waals surface area contributed by atoms with Gasteiger partial charge in [-0.15, -0.1) is 0 Å². The summed E-state index contributed by atoms with van der Waals surface area (Å²) in [5.41, 5.74) is 5.80. The number of carbonyl (C=O) groups excluding carboxylic acids is 2. The molecular weight excluding hydrogens is 274 g/mol. The second-order valence-electron chi connectivity index (χ2n) is 4.99. The number of carboxylic acids is 1. The van der Waals surface area contributed by atoms with Crippen LogP contribution in [0.15, 0.2) is 24.3 Å². The molecule has 0 saturated heterocycles. The molecule has 1 aromatic rings. The summed E-state index contributed by atoms with van der Waals surface area (Å²) in [6, 6.07) is 6.58. The maximum absolute atomic E-state index is 12.0. The van der Waals surface area contributed by atoms with Crippen LogP contribution in [0.4, 0.5) is 5.69 Å². The van der Waals surface area contributed by atoms with Gasteiger partial charge in [-0.3, -0.25) is 19.3 Å². The molecule has 1 aromatic carbocycles. The van der Waals surface area contributed by atoms with Gasteiger partial charge in [0.1, 0.15) is 0 Å². The quantitative estimate of drug-likeness (QED) is 0.667. The van der Waals surface area contributed by atoms with Crippen molar-refractivity contribution < 1.29 is 19.5 Å². The van der Waals surface area contributed by atoms with Gasteiger partial charge < -0.3 is 16.2 Å². The molecular formula is C14H17N3O4. The Hall–Kier alpha value is -2.41. The molecule has 7 heteroatoms. The number of hydrogen-bond acceptors (Lipinski definition) is 4. The van der Waals surface area contributed by atoms with Crippen LogP contribution in [0.5, 0.6) is 0 Å². The first kappa shape index (κ1) is 15.0. The zero-order chi connectivity index (χ0) is 15.4. The molecule has 1 fully saturated rings. The van der Waals surface area contributed by atoms with E-state index in [0.29, 0.717) is 5.69 Å². The molecule has 0 aromatic heterocycles. The van der Waals surface area contributed by atoms with Crippen LogP contribution < -0.4 is 11.1 Å². The van der Waals surface area contributed by atoms with E-state index < -0.39 is 11.9 Å². The van der Waals surface area contributed by atoms with Crippen molar-refractivity contribution in [2.24, 2.45) is 5.73 Å². The lowest BCUT2D eigenvalue weighted by molar-refractivity contribution is -0.138. The smallest absolute Gasteiger partial charge is 0.317 e. The number of carbonyl (C=O) groups is 3. The lowest BCUT2D eigenvalue weighted by Gasteiger charge is -2.19. The van der Waals surface area contributed by atoms with Gasteiger partial charge >= 0.3 is 5.97 Å². The van der Waals surface area contributed by atoms with Crippen LogP contribution >= 0.6 is 0 Å². The monoisotopic (exact) mass is 291 g/mol. The summed E-state index contributed by atoms with van der Waals surface area (Å²) in [5, 5.41) is 11.4. The Morgan fingerprint density at radius 2 is 1.90 bits per heavy atom. The maximum atomic E-state index is 12.0. The maximum Gasteiger partial charge on any atom is 0.317 e. The number of nitrogens with zero attached hydrogens (tertiary/aromatic N) is 1. The van der Waals surface area contributed by atoms with Crippen molar-refractivity contribution in [2.45, 2.75) is 18.9 Å². The van der Waals surface area contributed by atoms with Gasteiger partial charge in [-0.1, -0.05) is 12.1 Å². The largest absolute Gasteiger partial charge is 0.480 e. The predicted octanol–water partition coefficient (Wildman–Crippen LogP) is 0.273. The summed E-state index contributed by atoms with van der Waals surface area (Å²) >= 11 is 0. The minimum atomic E-state index is -0.966. The Kier molecular flexibility index (Phi) is 4.54. The molecule has 4 N–H and O–H groups in total. The predicted molar refractivity (Wildman–Crippen MR) is 75.8 cm³/mol. The molecule has 0 spiro atoms. The summed E-state index contributed by atoms with van der Waals surface area (Å²) in [5.74, 6) is -1.96. The minimum Gasteiger partial charge on any atom is -0.480 e. The molecule has 112 valence electrons.